The van der Waals surface area contributed by atoms with Gasteiger partial charge in [-0.25, -0.2) is 0 Å². The van der Waals surface area contributed by atoms with Crippen LogP contribution in [0.25, 0.3) is 50.1 Å². The molecule has 2 spiro atoms. The predicted octanol–water partition coefficient (Wildman–Crippen LogP) is 15.0. The summed E-state index contributed by atoms with van der Waals surface area (Å²) in [6, 6.07) is 69.6. The lowest BCUT2D eigenvalue weighted by molar-refractivity contribution is 0.631. The molecule has 0 amide bonds. The number of allylic oxidation sites excluding steroid dienone is 4. The Hall–Kier alpha value is -7.20. The lowest BCUT2D eigenvalue weighted by Gasteiger charge is -2.50. The molecular formula is C61H46. The van der Waals surface area contributed by atoms with Crippen LogP contribution in [-0.4, -0.2) is 0 Å². The third-order valence-electron chi connectivity index (χ3n) is 14.5. The first-order chi connectivity index (χ1) is 29.9. The van der Waals surface area contributed by atoms with Crippen molar-refractivity contribution in [3.63, 3.8) is 0 Å². The average Bonchev–Trinajstić information content (AvgIpc) is 3.84. The molecule has 1 atom stereocenters. The van der Waals surface area contributed by atoms with Crippen molar-refractivity contribution in [2.75, 3.05) is 0 Å². The number of hydrogen-bond acceptors (Lipinski definition) is 0. The molecule has 0 aromatic heterocycles. The van der Waals surface area contributed by atoms with Gasteiger partial charge in [-0.2, -0.15) is 0 Å². The first-order valence-electron chi connectivity index (χ1n) is 21.5. The highest BCUT2D eigenvalue weighted by atomic mass is 14.6. The molecule has 4 aliphatic rings. The number of hydrogen-bond donors (Lipinski definition) is 0. The highest BCUT2D eigenvalue weighted by Crippen LogP contribution is 2.68. The minimum absolute atomic E-state index is 0.0448. The highest BCUT2D eigenvalue weighted by molar-refractivity contribution is 5.96. The summed E-state index contributed by atoms with van der Waals surface area (Å²) in [5.74, 6) is 0. The van der Waals surface area contributed by atoms with Gasteiger partial charge in [-0.1, -0.05) is 202 Å². The largest absolute Gasteiger partial charge is 0.124 e. The van der Waals surface area contributed by atoms with Crippen LogP contribution in [0.3, 0.4) is 0 Å². The molecule has 290 valence electrons. The van der Waals surface area contributed by atoms with E-state index in [0.29, 0.717) is 0 Å². The molecule has 4 aliphatic carbocycles. The topological polar surface area (TPSA) is 0 Å². The van der Waals surface area contributed by atoms with Gasteiger partial charge in [0.15, 0.2) is 0 Å². The standard InChI is InChI=1S/C59H44.C2H2/c1-5-17-47-37(2)41-18-6-11-24-49(41)58(47)52-27-14-15-28-53(52)59(50-25-12-8-20-44(50)45-21-9-13-26-51(45)59)56-42(22-16-29-54(56)58)39-32-30-38(31-33-39)40-34-35-46-43-19-7-10-23-48(43)57(3,4)55(46)36-40;1-2/h5-36H,1-4H3;1-2H/b17-5-;. The molecular weight excluding hydrogens is 733 g/mol. The van der Waals surface area contributed by atoms with Gasteiger partial charge in [0.1, 0.15) is 0 Å². The molecule has 0 saturated heterocycles. The molecule has 0 N–H and O–H groups in total. The van der Waals surface area contributed by atoms with Crippen molar-refractivity contribution in [1.29, 1.82) is 0 Å². The first-order valence-corrected chi connectivity index (χ1v) is 21.5. The molecule has 0 heteroatoms. The van der Waals surface area contributed by atoms with Crippen LogP contribution < -0.4 is 0 Å². The summed E-state index contributed by atoms with van der Waals surface area (Å²) in [7, 11) is 0. The Bertz CT molecular complexity index is 3150. The van der Waals surface area contributed by atoms with Gasteiger partial charge in [0, 0.05) is 5.41 Å². The Kier molecular flexibility index (Phi) is 8.10. The van der Waals surface area contributed by atoms with Gasteiger partial charge in [0.2, 0.25) is 0 Å². The number of rotatable bonds is 3. The van der Waals surface area contributed by atoms with Crippen molar-refractivity contribution in [3.05, 3.63) is 255 Å². The van der Waals surface area contributed by atoms with Crippen LogP contribution in [0.5, 0.6) is 0 Å². The molecule has 0 saturated carbocycles. The second-order valence-corrected chi connectivity index (χ2v) is 17.5. The van der Waals surface area contributed by atoms with Gasteiger partial charge >= 0.3 is 0 Å². The van der Waals surface area contributed by atoms with Crippen molar-refractivity contribution in [1.82, 2.24) is 0 Å². The zero-order valence-electron chi connectivity index (χ0n) is 35.1. The van der Waals surface area contributed by atoms with Gasteiger partial charge < -0.3 is 0 Å². The first kappa shape index (κ1) is 36.8. The van der Waals surface area contributed by atoms with Crippen molar-refractivity contribution in [2.24, 2.45) is 0 Å². The van der Waals surface area contributed by atoms with Crippen LogP contribution in [-0.2, 0) is 16.2 Å². The third kappa shape index (κ3) is 4.62. The fourth-order valence-corrected chi connectivity index (χ4v) is 12.2. The van der Waals surface area contributed by atoms with Crippen molar-refractivity contribution in [3.8, 4) is 57.4 Å². The summed E-state index contributed by atoms with van der Waals surface area (Å²) in [4.78, 5) is 0. The maximum atomic E-state index is 4.00. The molecule has 0 fully saturated rings. The van der Waals surface area contributed by atoms with Crippen LogP contribution >= 0.6 is 0 Å². The minimum Gasteiger partial charge on any atom is -0.124 e. The zero-order valence-corrected chi connectivity index (χ0v) is 35.1. The van der Waals surface area contributed by atoms with Crippen LogP contribution in [0.4, 0.5) is 0 Å². The number of benzene rings is 8. The zero-order chi connectivity index (χ0) is 41.7. The Morgan fingerprint density at radius 2 is 0.803 bits per heavy atom. The van der Waals surface area contributed by atoms with Crippen LogP contribution in [0.2, 0.25) is 0 Å². The summed E-state index contributed by atoms with van der Waals surface area (Å²) >= 11 is 0. The molecule has 0 radical (unpaired) electrons. The van der Waals surface area contributed by atoms with E-state index in [0.717, 1.165) is 0 Å². The van der Waals surface area contributed by atoms with Gasteiger partial charge in [-0.3, -0.25) is 0 Å². The Morgan fingerprint density at radius 1 is 0.377 bits per heavy atom. The number of fused-ring (bicyclic) bond motifs is 16. The lowest BCUT2D eigenvalue weighted by Crippen LogP contribution is -2.44. The summed E-state index contributed by atoms with van der Waals surface area (Å²) in [5.41, 5.74) is 25.7. The summed E-state index contributed by atoms with van der Waals surface area (Å²) in [5, 5.41) is 0. The molecule has 12 rings (SSSR count). The monoisotopic (exact) mass is 778 g/mol. The molecule has 61 heavy (non-hydrogen) atoms. The van der Waals surface area contributed by atoms with Crippen LogP contribution in [0.15, 0.2) is 200 Å². The second-order valence-electron chi connectivity index (χ2n) is 17.5. The lowest BCUT2D eigenvalue weighted by atomic mass is 9.51. The summed E-state index contributed by atoms with van der Waals surface area (Å²) in [6.45, 7) is 9.22. The smallest absolute Gasteiger partial charge is 0.0725 e. The maximum Gasteiger partial charge on any atom is 0.0725 e. The van der Waals surface area contributed by atoms with E-state index in [9.17, 15) is 0 Å². The van der Waals surface area contributed by atoms with E-state index in [1.165, 1.54) is 111 Å². The average molecular weight is 779 g/mol. The molecule has 0 aliphatic heterocycles. The van der Waals surface area contributed by atoms with Gasteiger partial charge in [0.05, 0.1) is 10.8 Å². The summed E-state index contributed by atoms with van der Waals surface area (Å²) < 4.78 is 0. The van der Waals surface area contributed by atoms with E-state index < -0.39 is 10.8 Å². The van der Waals surface area contributed by atoms with Crippen molar-refractivity contribution < 1.29 is 0 Å². The quantitative estimate of drug-likeness (QED) is 0.157. The highest BCUT2D eigenvalue weighted by Gasteiger charge is 2.59. The Balaban J connectivity index is 0.00000207. The van der Waals surface area contributed by atoms with E-state index in [4.69, 9.17) is 0 Å². The molecule has 0 nitrogen and oxygen atoms in total. The fourth-order valence-electron chi connectivity index (χ4n) is 12.2. The van der Waals surface area contributed by atoms with Crippen molar-refractivity contribution in [2.45, 2.75) is 43.9 Å². The molecule has 0 heterocycles. The SMILES string of the molecule is C#C.C/C=C\C1=C(C)c2ccccc2C12c1ccccc1C1(c3ccccc3-c3ccccc31)c1c(-c3ccc(-c4ccc5c(c4)C(C)(C)c4ccccc4-5)cc3)cccc12. The fraction of sp³-hybridized carbons (Fsp3) is 0.115. The Labute approximate surface area is 360 Å². The van der Waals surface area contributed by atoms with Gasteiger partial charge in [-0.05, 0) is 131 Å². The van der Waals surface area contributed by atoms with Crippen LogP contribution in [0, 0.1) is 12.8 Å². The van der Waals surface area contributed by atoms with E-state index in [2.05, 4.69) is 235 Å². The minimum atomic E-state index is -0.535. The molecule has 8 aromatic rings. The number of terminal acetylenes is 1. The molecule has 8 aromatic carbocycles. The van der Waals surface area contributed by atoms with E-state index >= 15 is 0 Å². The molecule has 1 unspecified atom stereocenters. The van der Waals surface area contributed by atoms with Crippen LogP contribution in [0.1, 0.15) is 83.3 Å². The summed E-state index contributed by atoms with van der Waals surface area (Å²) in [6.07, 6.45) is 12.6. The maximum absolute atomic E-state index is 4.00. The van der Waals surface area contributed by atoms with Crippen molar-refractivity contribution >= 4 is 5.57 Å². The van der Waals surface area contributed by atoms with Gasteiger partial charge in [0.25, 0.3) is 0 Å². The molecule has 0 bridgehead atoms. The Morgan fingerprint density at radius 3 is 1.41 bits per heavy atom. The predicted molar refractivity (Wildman–Crippen MR) is 256 cm³/mol. The second kappa shape index (κ2) is 13.4. The van der Waals surface area contributed by atoms with Gasteiger partial charge in [-0.15, -0.1) is 12.8 Å². The van der Waals surface area contributed by atoms with E-state index in [-0.39, 0.29) is 5.41 Å². The third-order valence-corrected chi connectivity index (χ3v) is 14.5. The van der Waals surface area contributed by atoms with E-state index in [1.807, 2.05) is 0 Å². The normalized spacial score (nSPS) is 17.5. The van der Waals surface area contributed by atoms with E-state index in [1.54, 1.807) is 0 Å².